The molecule has 0 aliphatic heterocycles. The summed E-state index contributed by atoms with van der Waals surface area (Å²) in [5.74, 6) is 0.493. The molecule has 0 spiro atoms. The molecular formula is C16H16FN3S. The Bertz CT molecular complexity index is 654. The predicted octanol–water partition coefficient (Wildman–Crippen LogP) is 3.72. The van der Waals surface area contributed by atoms with Gasteiger partial charge in [0.1, 0.15) is 5.82 Å². The predicted molar refractivity (Wildman–Crippen MR) is 88.1 cm³/mol. The topological polar surface area (TPSA) is 50.7 Å². The van der Waals surface area contributed by atoms with Crippen LogP contribution in [-0.4, -0.2) is 11.4 Å². The van der Waals surface area contributed by atoms with Crippen LogP contribution in [0.5, 0.6) is 0 Å². The van der Waals surface area contributed by atoms with Crippen LogP contribution in [-0.2, 0) is 5.75 Å². The molecule has 0 heterocycles. The standard InChI is InChI=1S/C16H16FN3S/c1-12-9-15(17)8-7-14(12)10-19-20-16(18)21-11-13-5-3-2-4-6-13/h2-10H,11H2,1H3,(H2,18,20). The first-order chi connectivity index (χ1) is 10.1. The first-order valence-corrected chi connectivity index (χ1v) is 7.43. The molecule has 0 fully saturated rings. The quantitative estimate of drug-likeness (QED) is 0.531. The highest BCUT2D eigenvalue weighted by Gasteiger charge is 1.98. The molecule has 2 aromatic rings. The highest BCUT2D eigenvalue weighted by atomic mass is 32.2. The minimum atomic E-state index is -0.258. The molecular weight excluding hydrogens is 285 g/mol. The van der Waals surface area contributed by atoms with Crippen molar-refractivity contribution in [1.82, 2.24) is 0 Å². The Balaban J connectivity index is 1.92. The van der Waals surface area contributed by atoms with Crippen LogP contribution in [0.15, 0.2) is 58.7 Å². The second-order valence-electron chi connectivity index (χ2n) is 4.46. The van der Waals surface area contributed by atoms with Crippen LogP contribution in [0.2, 0.25) is 0 Å². The van der Waals surface area contributed by atoms with E-state index in [0.29, 0.717) is 5.17 Å². The fourth-order valence-corrected chi connectivity index (χ4v) is 2.30. The molecule has 0 amide bonds. The second-order valence-corrected chi connectivity index (χ2v) is 5.45. The van der Waals surface area contributed by atoms with Gasteiger partial charge in [0.25, 0.3) is 0 Å². The SMILES string of the molecule is Cc1cc(F)ccc1C=NN=C(N)SCc1ccccc1. The van der Waals surface area contributed by atoms with Gasteiger partial charge < -0.3 is 5.73 Å². The van der Waals surface area contributed by atoms with Crippen molar-refractivity contribution in [2.45, 2.75) is 12.7 Å². The molecule has 0 aromatic heterocycles. The van der Waals surface area contributed by atoms with E-state index in [-0.39, 0.29) is 5.82 Å². The van der Waals surface area contributed by atoms with Crippen molar-refractivity contribution in [2.75, 3.05) is 0 Å². The molecule has 2 N–H and O–H groups in total. The van der Waals surface area contributed by atoms with Crippen LogP contribution in [0.4, 0.5) is 4.39 Å². The average molecular weight is 301 g/mol. The maximum absolute atomic E-state index is 13.0. The lowest BCUT2D eigenvalue weighted by Gasteiger charge is -2.00. The van der Waals surface area contributed by atoms with Gasteiger partial charge in [-0.05, 0) is 35.7 Å². The van der Waals surface area contributed by atoms with E-state index in [4.69, 9.17) is 5.73 Å². The summed E-state index contributed by atoms with van der Waals surface area (Å²) in [6, 6.07) is 14.5. The first-order valence-electron chi connectivity index (χ1n) is 6.44. The molecule has 5 heteroatoms. The smallest absolute Gasteiger partial charge is 0.180 e. The third-order valence-electron chi connectivity index (χ3n) is 2.81. The van der Waals surface area contributed by atoms with Gasteiger partial charge in [-0.15, -0.1) is 5.10 Å². The van der Waals surface area contributed by atoms with Crippen molar-refractivity contribution in [2.24, 2.45) is 15.9 Å². The normalized spacial score (nSPS) is 12.0. The number of hydrogen-bond donors (Lipinski definition) is 1. The average Bonchev–Trinajstić information content (AvgIpc) is 2.48. The van der Waals surface area contributed by atoms with Gasteiger partial charge in [0.05, 0.1) is 6.21 Å². The van der Waals surface area contributed by atoms with Gasteiger partial charge >= 0.3 is 0 Å². The molecule has 2 rings (SSSR count). The lowest BCUT2D eigenvalue weighted by molar-refractivity contribution is 0.626. The summed E-state index contributed by atoms with van der Waals surface area (Å²) < 4.78 is 13.0. The maximum atomic E-state index is 13.0. The molecule has 0 saturated heterocycles. The van der Waals surface area contributed by atoms with E-state index >= 15 is 0 Å². The Morgan fingerprint density at radius 1 is 1.24 bits per heavy atom. The van der Waals surface area contributed by atoms with Gasteiger partial charge in [-0.1, -0.05) is 48.2 Å². The molecule has 108 valence electrons. The number of halogens is 1. The molecule has 0 radical (unpaired) electrons. The zero-order chi connectivity index (χ0) is 15.1. The van der Waals surface area contributed by atoms with E-state index in [0.717, 1.165) is 16.9 Å². The molecule has 21 heavy (non-hydrogen) atoms. The summed E-state index contributed by atoms with van der Waals surface area (Å²) in [5.41, 5.74) is 8.60. The first kappa shape index (κ1) is 15.3. The Morgan fingerprint density at radius 2 is 2.00 bits per heavy atom. The zero-order valence-electron chi connectivity index (χ0n) is 11.7. The molecule has 0 aliphatic rings. The summed E-state index contributed by atoms with van der Waals surface area (Å²) in [6.07, 6.45) is 1.57. The van der Waals surface area contributed by atoms with Crippen molar-refractivity contribution < 1.29 is 4.39 Å². The second kappa shape index (κ2) is 7.59. The minimum Gasteiger partial charge on any atom is -0.377 e. The van der Waals surface area contributed by atoms with Crippen molar-refractivity contribution >= 4 is 23.1 Å². The van der Waals surface area contributed by atoms with Crippen LogP contribution in [0.3, 0.4) is 0 Å². The summed E-state index contributed by atoms with van der Waals surface area (Å²) >= 11 is 1.43. The molecule has 0 bridgehead atoms. The van der Waals surface area contributed by atoms with Crippen molar-refractivity contribution in [3.05, 3.63) is 71.0 Å². The highest BCUT2D eigenvalue weighted by molar-refractivity contribution is 8.13. The molecule has 0 aliphatic carbocycles. The van der Waals surface area contributed by atoms with E-state index in [9.17, 15) is 4.39 Å². The maximum Gasteiger partial charge on any atom is 0.180 e. The zero-order valence-corrected chi connectivity index (χ0v) is 12.5. The third kappa shape index (κ3) is 5.04. The highest BCUT2D eigenvalue weighted by Crippen LogP contribution is 2.12. The lowest BCUT2D eigenvalue weighted by atomic mass is 10.1. The summed E-state index contributed by atoms with van der Waals surface area (Å²) in [6.45, 7) is 1.82. The van der Waals surface area contributed by atoms with Crippen molar-refractivity contribution in [3.63, 3.8) is 0 Å². The molecule has 0 atom stereocenters. The van der Waals surface area contributed by atoms with Crippen LogP contribution >= 0.6 is 11.8 Å². The Morgan fingerprint density at radius 3 is 2.71 bits per heavy atom. The summed E-state index contributed by atoms with van der Waals surface area (Å²) in [4.78, 5) is 0. The number of nitrogens with zero attached hydrogens (tertiary/aromatic N) is 2. The van der Waals surface area contributed by atoms with Crippen LogP contribution in [0.25, 0.3) is 0 Å². The Hall–Kier alpha value is -2.14. The lowest BCUT2D eigenvalue weighted by Crippen LogP contribution is -2.06. The number of aryl methyl sites for hydroxylation is 1. The molecule has 0 saturated carbocycles. The Kier molecular flexibility index (Phi) is 5.51. The van der Waals surface area contributed by atoms with E-state index in [2.05, 4.69) is 10.2 Å². The van der Waals surface area contributed by atoms with Crippen LogP contribution in [0.1, 0.15) is 16.7 Å². The minimum absolute atomic E-state index is 0.258. The molecule has 2 aromatic carbocycles. The van der Waals surface area contributed by atoms with E-state index in [1.165, 1.54) is 29.5 Å². The van der Waals surface area contributed by atoms with Gasteiger partial charge in [-0.3, -0.25) is 0 Å². The summed E-state index contributed by atoms with van der Waals surface area (Å²) in [7, 11) is 0. The van der Waals surface area contributed by atoms with E-state index in [1.807, 2.05) is 37.3 Å². The largest absolute Gasteiger partial charge is 0.377 e. The number of rotatable bonds is 4. The molecule has 3 nitrogen and oxygen atoms in total. The fraction of sp³-hybridized carbons (Fsp3) is 0.125. The number of hydrogen-bond acceptors (Lipinski definition) is 3. The van der Waals surface area contributed by atoms with E-state index < -0.39 is 0 Å². The van der Waals surface area contributed by atoms with Gasteiger partial charge in [-0.25, -0.2) is 4.39 Å². The number of benzene rings is 2. The van der Waals surface area contributed by atoms with E-state index in [1.54, 1.807) is 12.3 Å². The Labute approximate surface area is 127 Å². The van der Waals surface area contributed by atoms with Gasteiger partial charge in [0, 0.05) is 5.75 Å². The fourth-order valence-electron chi connectivity index (χ4n) is 1.69. The van der Waals surface area contributed by atoms with Gasteiger partial charge in [-0.2, -0.15) is 5.10 Å². The third-order valence-corrected chi connectivity index (χ3v) is 3.67. The van der Waals surface area contributed by atoms with Crippen LogP contribution in [0, 0.1) is 12.7 Å². The van der Waals surface area contributed by atoms with Gasteiger partial charge in [0.15, 0.2) is 5.17 Å². The van der Waals surface area contributed by atoms with Crippen LogP contribution < -0.4 is 5.73 Å². The molecule has 0 unspecified atom stereocenters. The number of thioether (sulfide) groups is 1. The monoisotopic (exact) mass is 301 g/mol. The van der Waals surface area contributed by atoms with Crippen molar-refractivity contribution in [3.8, 4) is 0 Å². The van der Waals surface area contributed by atoms with Gasteiger partial charge in [0.2, 0.25) is 0 Å². The number of amidine groups is 1. The number of nitrogens with two attached hydrogens (primary N) is 1. The summed E-state index contributed by atoms with van der Waals surface area (Å²) in [5, 5.41) is 8.27. The van der Waals surface area contributed by atoms with Crippen molar-refractivity contribution in [1.29, 1.82) is 0 Å².